The Labute approximate surface area is 295 Å². The van der Waals surface area contributed by atoms with Crippen molar-refractivity contribution in [2.45, 2.75) is 96.6 Å². The molecule has 45 heavy (non-hydrogen) atoms. The largest absolute Gasteiger partial charge is 0.500 e. The van der Waals surface area contributed by atoms with Crippen molar-refractivity contribution in [3.05, 3.63) is 113 Å². The quantitative estimate of drug-likeness (QED) is 0.154. The van der Waals surface area contributed by atoms with Gasteiger partial charge in [0.1, 0.15) is 5.58 Å². The number of rotatable bonds is 7. The minimum atomic E-state index is -2.45. The Balaban J connectivity index is 0.000000223. The first-order valence-corrected chi connectivity index (χ1v) is 15.6. The van der Waals surface area contributed by atoms with Crippen LogP contribution in [0.4, 0.5) is 0 Å². The Hall–Kier alpha value is -3.33. The molecule has 1 fully saturated rings. The first-order valence-electron chi connectivity index (χ1n) is 20.3. The van der Waals surface area contributed by atoms with Gasteiger partial charge in [0.05, 0.1) is 8.32 Å². The van der Waals surface area contributed by atoms with Crippen LogP contribution >= 0.6 is 0 Å². The third-order valence-electron chi connectivity index (χ3n) is 8.28. The normalized spacial score (nSPS) is 23.7. The zero-order valence-electron chi connectivity index (χ0n) is 34.8. The van der Waals surface area contributed by atoms with Crippen LogP contribution in [0.25, 0.3) is 33.2 Å². The molecule has 0 spiro atoms. The number of nitrogens with zero attached hydrogens (tertiary/aromatic N) is 2. The summed E-state index contributed by atoms with van der Waals surface area (Å²) in [4.78, 5) is 8.61. The van der Waals surface area contributed by atoms with Crippen LogP contribution in [0.3, 0.4) is 0 Å². The van der Waals surface area contributed by atoms with Gasteiger partial charge in [0.25, 0.3) is 0 Å². The molecule has 3 unspecified atom stereocenters. The predicted octanol–water partition coefficient (Wildman–Crippen LogP) is 11.8. The molecule has 0 bridgehead atoms. The van der Waals surface area contributed by atoms with Crippen molar-refractivity contribution < 1.29 is 36.9 Å². The number of fused-ring (bicyclic) bond motifs is 3. The minimum absolute atomic E-state index is 0. The van der Waals surface area contributed by atoms with Crippen LogP contribution in [0.5, 0.6) is 0 Å². The zero-order chi connectivity index (χ0) is 38.1. The van der Waals surface area contributed by atoms with Crippen molar-refractivity contribution in [3.63, 3.8) is 0 Å². The molecule has 3 heterocycles. The van der Waals surface area contributed by atoms with Gasteiger partial charge in [0.2, 0.25) is 0 Å². The van der Waals surface area contributed by atoms with Gasteiger partial charge in [-0.05, 0) is 73.2 Å². The maximum absolute atomic E-state index is 9.10. The molecule has 2 aliphatic rings. The van der Waals surface area contributed by atoms with E-state index in [1.165, 1.54) is 6.20 Å². The number of benzene rings is 3. The van der Waals surface area contributed by atoms with Gasteiger partial charge < -0.3 is 14.4 Å². The van der Waals surface area contributed by atoms with E-state index in [9.17, 15) is 0 Å². The summed E-state index contributed by atoms with van der Waals surface area (Å²) in [7, 11) is 0. The molecule has 1 aliphatic carbocycles. The molecule has 3 aromatic carbocycles. The molecule has 1 saturated carbocycles. The van der Waals surface area contributed by atoms with Gasteiger partial charge >= 0.3 is 0 Å². The molecule has 4 heteroatoms. The van der Waals surface area contributed by atoms with E-state index in [4.69, 9.17) is 16.8 Å². The molecule has 1 radical (unpaired) electrons. The van der Waals surface area contributed by atoms with Crippen LogP contribution in [0.2, 0.25) is 0 Å². The number of para-hydroxylation sites is 1. The summed E-state index contributed by atoms with van der Waals surface area (Å²) in [6.45, 7) is 1.43. The number of allylic oxidation sites excluding steroid dienone is 1. The number of hydrogen-bond acceptors (Lipinski definition) is 3. The summed E-state index contributed by atoms with van der Waals surface area (Å²) >= 11 is 0. The van der Waals surface area contributed by atoms with Gasteiger partial charge in [-0.15, -0.1) is 54.1 Å². The molecular formula is C41H44IrN2O-2. The van der Waals surface area contributed by atoms with Crippen LogP contribution < -0.4 is 0 Å². The smallest absolute Gasteiger partial charge is 0.124 e. The number of aromatic nitrogens is 1. The fourth-order valence-corrected chi connectivity index (χ4v) is 5.81. The number of aliphatic imine (C=N–C) groups is 1. The molecule has 0 N–H and O–H groups in total. The van der Waals surface area contributed by atoms with Crippen molar-refractivity contribution in [2.24, 2.45) is 4.99 Å². The van der Waals surface area contributed by atoms with Gasteiger partial charge in [0, 0.05) is 47.5 Å². The number of unbranched alkanes of at least 4 members (excludes halogenated alkanes) is 1. The van der Waals surface area contributed by atoms with E-state index in [-0.39, 0.29) is 43.5 Å². The average Bonchev–Trinajstić information content (AvgIpc) is 3.53. The van der Waals surface area contributed by atoms with Gasteiger partial charge in [-0.3, -0.25) is 0 Å². The molecule has 0 amide bonds. The van der Waals surface area contributed by atoms with Crippen LogP contribution in [0.15, 0.2) is 94.1 Å². The van der Waals surface area contributed by atoms with E-state index in [2.05, 4.69) is 29.0 Å². The summed E-state index contributed by atoms with van der Waals surface area (Å²) < 4.78 is 79.9. The molecule has 5 aromatic rings. The third kappa shape index (κ3) is 7.73. The second kappa shape index (κ2) is 15.8. The first-order chi connectivity index (χ1) is 25.2. The van der Waals surface area contributed by atoms with E-state index in [1.807, 2.05) is 42.5 Å². The second-order valence-corrected chi connectivity index (χ2v) is 11.4. The summed E-state index contributed by atoms with van der Waals surface area (Å²) in [5.74, 6) is -1.55. The van der Waals surface area contributed by atoms with Crippen molar-refractivity contribution in [1.29, 1.82) is 0 Å². The maximum atomic E-state index is 9.10. The molecule has 2 aromatic heterocycles. The summed E-state index contributed by atoms with van der Waals surface area (Å²) in [5.41, 5.74) is 4.40. The Bertz CT molecular complexity index is 2160. The Morgan fingerprint density at radius 1 is 1.04 bits per heavy atom. The van der Waals surface area contributed by atoms with E-state index >= 15 is 0 Å². The Kier molecular flexibility index (Phi) is 8.09. The van der Waals surface area contributed by atoms with Gasteiger partial charge in [-0.2, -0.15) is 0 Å². The summed E-state index contributed by atoms with van der Waals surface area (Å²) in [6.07, 6.45) is 7.81. The van der Waals surface area contributed by atoms with Crippen molar-refractivity contribution >= 4 is 27.7 Å². The number of pyridine rings is 1. The van der Waals surface area contributed by atoms with Gasteiger partial charge in [-0.25, -0.2) is 0 Å². The van der Waals surface area contributed by atoms with E-state index in [0.717, 1.165) is 61.3 Å². The topological polar surface area (TPSA) is 38.4 Å². The van der Waals surface area contributed by atoms with Crippen molar-refractivity contribution in [3.8, 4) is 11.3 Å². The maximum Gasteiger partial charge on any atom is 0.124 e. The molecular weight excluding hydrogens is 729 g/mol. The molecule has 3 atom stereocenters. The van der Waals surface area contributed by atoms with Crippen LogP contribution in [0.1, 0.15) is 126 Å². The monoisotopic (exact) mass is 782 g/mol. The van der Waals surface area contributed by atoms with Crippen LogP contribution in [-0.4, -0.2) is 10.7 Å². The number of hydrogen-bond donors (Lipinski definition) is 0. The fourth-order valence-electron chi connectivity index (χ4n) is 5.81. The van der Waals surface area contributed by atoms with Gasteiger partial charge in [0.15, 0.2) is 0 Å². The van der Waals surface area contributed by atoms with Gasteiger partial charge in [-0.1, -0.05) is 92.8 Å². The zero-order valence-corrected chi connectivity index (χ0v) is 28.2. The first kappa shape index (κ1) is 23.1. The summed E-state index contributed by atoms with van der Waals surface area (Å²) in [5, 5.41) is 1.75. The molecule has 7 rings (SSSR count). The van der Waals surface area contributed by atoms with E-state index in [1.54, 1.807) is 25.3 Å². The Morgan fingerprint density at radius 3 is 2.71 bits per heavy atom. The fraction of sp³-hybridized carbons (Fsp3) is 0.366. The predicted molar refractivity (Wildman–Crippen MR) is 184 cm³/mol. The van der Waals surface area contributed by atoms with Crippen molar-refractivity contribution in [1.82, 2.24) is 4.98 Å². The van der Waals surface area contributed by atoms with Crippen LogP contribution in [0, 0.1) is 12.1 Å². The Morgan fingerprint density at radius 2 is 1.91 bits per heavy atom. The van der Waals surface area contributed by atoms with Crippen LogP contribution in [-0.2, 0) is 20.1 Å². The molecule has 3 nitrogen and oxygen atoms in total. The van der Waals surface area contributed by atoms with E-state index < -0.39 is 31.4 Å². The molecule has 235 valence electrons. The molecule has 1 aliphatic heterocycles. The van der Waals surface area contributed by atoms with Crippen molar-refractivity contribution in [2.75, 3.05) is 0 Å². The standard InChI is InChI=1S/C24H24NO.C17H20N.Ir/c1-16-13-14-22(25-15-16)21-12-6-11-20-19-10-5-9-18(23(19)26-24(20)21)17-7-3-2-4-8-17;1-3-4-8-14(2)16-11-12-17(18-13-16)15-9-6-5-7-10-15;/h5-6,9-11,15,17H,2-4,7-8,13-14H2,1H3;5-7,9,11-14H,3-4,8H2,1-2H3;/q2*-1;/i1D3,13D,14D,17D;11D,12D,14D;. The molecule has 0 saturated heterocycles. The average molecular weight is 782 g/mol. The van der Waals surface area contributed by atoms with E-state index in [0.29, 0.717) is 40.0 Å². The third-order valence-corrected chi connectivity index (χ3v) is 8.28. The minimum Gasteiger partial charge on any atom is -0.500 e. The SMILES string of the molecule is [2H]C1C(C([2H])([2H])[2H])=CN=C(c2[c-]ccc3c2oc2c(C4([2H])CCCCC4)cccc23)C1[2H].[2H]c1c(C([2H])(C)CCCC)cnc(-c2[c-]cccc2)c1[2H].[Ir]. The number of furan rings is 1. The second-order valence-electron chi connectivity index (χ2n) is 11.4. The summed E-state index contributed by atoms with van der Waals surface area (Å²) in [6, 6.07) is 23.2.